The summed E-state index contributed by atoms with van der Waals surface area (Å²) in [6.45, 7) is 0. The molecule has 242 valence electrons. The lowest BCUT2D eigenvalue weighted by Gasteiger charge is -2.16. The van der Waals surface area contributed by atoms with E-state index >= 15 is 0 Å². The van der Waals surface area contributed by atoms with Crippen LogP contribution in [0.25, 0.3) is 108 Å². The van der Waals surface area contributed by atoms with Crippen molar-refractivity contribution in [1.29, 1.82) is 0 Å². The van der Waals surface area contributed by atoms with E-state index < -0.39 is 0 Å². The molecule has 0 bridgehead atoms. The summed E-state index contributed by atoms with van der Waals surface area (Å²) in [5, 5.41) is 8.32. The van der Waals surface area contributed by atoms with Crippen molar-refractivity contribution in [3.63, 3.8) is 0 Å². The average Bonchev–Trinajstić information content (AvgIpc) is 3.79. The maximum absolute atomic E-state index is 6.56. The van der Waals surface area contributed by atoms with Crippen LogP contribution in [0, 0.1) is 0 Å². The molecule has 0 radical (unpaired) electrons. The van der Waals surface area contributed by atoms with Gasteiger partial charge in [0.2, 0.25) is 0 Å². The summed E-state index contributed by atoms with van der Waals surface area (Å²) >= 11 is 1.87. The Kier molecular flexibility index (Phi) is 6.46. The molecule has 0 saturated carbocycles. The summed E-state index contributed by atoms with van der Waals surface area (Å²) in [4.78, 5) is 5.32. The van der Waals surface area contributed by atoms with Gasteiger partial charge in [-0.1, -0.05) is 152 Å². The van der Waals surface area contributed by atoms with Gasteiger partial charge < -0.3 is 4.42 Å². The topological polar surface area (TPSA) is 26.0 Å². The molecule has 3 heterocycles. The van der Waals surface area contributed by atoms with Gasteiger partial charge in [0.05, 0.1) is 11.2 Å². The second-order valence-electron chi connectivity index (χ2n) is 13.4. The highest BCUT2D eigenvalue weighted by Crippen LogP contribution is 2.46. The fourth-order valence-electron chi connectivity index (χ4n) is 8.07. The molecule has 0 N–H and O–H groups in total. The third kappa shape index (κ3) is 4.46. The number of pyridine rings is 1. The summed E-state index contributed by atoms with van der Waals surface area (Å²) in [7, 11) is 0. The third-order valence-corrected chi connectivity index (χ3v) is 11.7. The molecular formula is C49H29NOS. The molecule has 0 unspecified atom stereocenters. The molecule has 3 aromatic heterocycles. The Bertz CT molecular complexity index is 3150. The van der Waals surface area contributed by atoms with Crippen molar-refractivity contribution < 1.29 is 4.42 Å². The van der Waals surface area contributed by atoms with Crippen LogP contribution in [0.2, 0.25) is 0 Å². The molecule has 0 spiro atoms. The summed E-state index contributed by atoms with van der Waals surface area (Å²) in [5.74, 6) is 0. The zero-order chi connectivity index (χ0) is 34.2. The molecule has 3 heteroatoms. The number of thiophene rings is 1. The number of rotatable bonds is 4. The van der Waals surface area contributed by atoms with Crippen LogP contribution in [0.15, 0.2) is 180 Å². The van der Waals surface area contributed by atoms with Crippen molar-refractivity contribution in [3.05, 3.63) is 176 Å². The predicted octanol–water partition coefficient (Wildman–Crippen LogP) is 14.3. The highest BCUT2D eigenvalue weighted by molar-refractivity contribution is 7.26. The number of benzene rings is 8. The summed E-state index contributed by atoms with van der Waals surface area (Å²) in [5.41, 5.74) is 12.0. The average molecular weight is 680 g/mol. The number of furan rings is 1. The minimum Gasteiger partial charge on any atom is -0.456 e. The van der Waals surface area contributed by atoms with Crippen molar-refractivity contribution >= 4 is 75.1 Å². The molecule has 0 aliphatic carbocycles. The molecule has 0 saturated heterocycles. The van der Waals surface area contributed by atoms with Crippen LogP contribution < -0.4 is 0 Å². The van der Waals surface area contributed by atoms with Gasteiger partial charge in [-0.3, -0.25) is 0 Å². The highest BCUT2D eigenvalue weighted by atomic mass is 32.1. The van der Waals surface area contributed by atoms with Crippen LogP contribution in [0.1, 0.15) is 0 Å². The molecule has 11 aromatic rings. The Morgan fingerprint density at radius 2 is 1.04 bits per heavy atom. The first-order valence-electron chi connectivity index (χ1n) is 17.6. The van der Waals surface area contributed by atoms with Gasteiger partial charge in [0.15, 0.2) is 0 Å². The first-order valence-corrected chi connectivity index (χ1v) is 18.4. The monoisotopic (exact) mass is 679 g/mol. The molecule has 52 heavy (non-hydrogen) atoms. The Morgan fingerprint density at radius 3 is 1.85 bits per heavy atom. The minimum absolute atomic E-state index is 0.869. The second-order valence-corrected chi connectivity index (χ2v) is 14.5. The standard InChI is InChI=1S/C49H29NOS/c1-2-11-33(12-3-1)45-46-38-14-4-7-18-41(38)50-48(40(46)29-43-47(45)39-15-5-8-19-42(39)51-43)34-27-23-31(24-28-34)30-21-25-32(26-22-30)35-16-10-17-37-36-13-6-9-20-44(36)52-49(35)37/h1-29H. The van der Waals surface area contributed by atoms with E-state index in [4.69, 9.17) is 9.40 Å². The van der Waals surface area contributed by atoms with Crippen LogP contribution in [0.4, 0.5) is 0 Å². The van der Waals surface area contributed by atoms with E-state index in [0.29, 0.717) is 0 Å². The number of hydrogen-bond acceptors (Lipinski definition) is 3. The Labute approximate surface area is 303 Å². The van der Waals surface area contributed by atoms with Gasteiger partial charge in [0.1, 0.15) is 11.2 Å². The Hall–Kier alpha value is -6.55. The molecular weight excluding hydrogens is 651 g/mol. The lowest BCUT2D eigenvalue weighted by atomic mass is 9.89. The fourth-order valence-corrected chi connectivity index (χ4v) is 9.31. The maximum atomic E-state index is 6.56. The maximum Gasteiger partial charge on any atom is 0.136 e. The van der Waals surface area contributed by atoms with Crippen LogP contribution in [-0.4, -0.2) is 4.98 Å². The van der Waals surface area contributed by atoms with E-state index in [-0.39, 0.29) is 0 Å². The van der Waals surface area contributed by atoms with Gasteiger partial charge >= 0.3 is 0 Å². The SMILES string of the molecule is c1ccc(-c2c3c(cc4c(-c5ccc(-c6ccc(-c7cccc8c7sc7ccccc78)cc6)cc5)nc5ccccc5c24)oc2ccccc23)cc1. The molecule has 8 aromatic carbocycles. The number of nitrogens with zero attached hydrogens (tertiary/aromatic N) is 1. The lowest BCUT2D eigenvalue weighted by Crippen LogP contribution is -1.93. The Balaban J connectivity index is 1.05. The quantitative estimate of drug-likeness (QED) is 0.173. The van der Waals surface area contributed by atoms with E-state index in [1.165, 1.54) is 53.4 Å². The first-order chi connectivity index (χ1) is 25.8. The molecule has 0 amide bonds. The second kappa shape index (κ2) is 11.5. The molecule has 2 nitrogen and oxygen atoms in total. The minimum atomic E-state index is 0.869. The summed E-state index contributed by atoms with van der Waals surface area (Å²) < 4.78 is 9.22. The van der Waals surface area contributed by atoms with Crippen molar-refractivity contribution in [2.24, 2.45) is 0 Å². The number of fused-ring (bicyclic) bond motifs is 9. The van der Waals surface area contributed by atoms with Crippen molar-refractivity contribution in [2.45, 2.75) is 0 Å². The lowest BCUT2D eigenvalue weighted by molar-refractivity contribution is 0.669. The first kappa shape index (κ1) is 29.2. The van der Waals surface area contributed by atoms with Gasteiger partial charge in [-0.2, -0.15) is 0 Å². The molecule has 0 aliphatic rings. The largest absolute Gasteiger partial charge is 0.456 e. The zero-order valence-electron chi connectivity index (χ0n) is 28.0. The third-order valence-electron chi connectivity index (χ3n) is 10.5. The van der Waals surface area contributed by atoms with Crippen LogP contribution >= 0.6 is 11.3 Å². The fraction of sp³-hybridized carbons (Fsp3) is 0. The number of aromatic nitrogens is 1. The number of para-hydroxylation sites is 2. The Morgan fingerprint density at radius 1 is 0.404 bits per heavy atom. The van der Waals surface area contributed by atoms with Crippen LogP contribution in [-0.2, 0) is 0 Å². The van der Waals surface area contributed by atoms with E-state index in [9.17, 15) is 0 Å². The van der Waals surface area contributed by atoms with Gasteiger partial charge in [-0.15, -0.1) is 11.3 Å². The van der Waals surface area contributed by atoms with Crippen molar-refractivity contribution in [2.75, 3.05) is 0 Å². The van der Waals surface area contributed by atoms with E-state index in [2.05, 4.69) is 170 Å². The van der Waals surface area contributed by atoms with E-state index in [1.54, 1.807) is 0 Å². The molecule has 0 atom stereocenters. The van der Waals surface area contributed by atoms with Gasteiger partial charge in [-0.05, 0) is 52.1 Å². The van der Waals surface area contributed by atoms with Crippen molar-refractivity contribution in [1.82, 2.24) is 4.98 Å². The summed E-state index contributed by atoms with van der Waals surface area (Å²) in [6.07, 6.45) is 0. The zero-order valence-corrected chi connectivity index (χ0v) is 28.8. The van der Waals surface area contributed by atoms with E-state index in [1.807, 2.05) is 17.4 Å². The summed E-state index contributed by atoms with van der Waals surface area (Å²) in [6, 6.07) is 63.0. The smallest absolute Gasteiger partial charge is 0.136 e. The van der Waals surface area contributed by atoms with Crippen LogP contribution in [0.3, 0.4) is 0 Å². The van der Waals surface area contributed by atoms with Gasteiger partial charge in [0.25, 0.3) is 0 Å². The van der Waals surface area contributed by atoms with Crippen LogP contribution in [0.5, 0.6) is 0 Å². The normalized spacial score (nSPS) is 11.8. The van der Waals surface area contributed by atoms with E-state index in [0.717, 1.165) is 55.0 Å². The predicted molar refractivity (Wildman–Crippen MR) is 221 cm³/mol. The molecule has 0 fully saturated rings. The van der Waals surface area contributed by atoms with Gasteiger partial charge in [-0.25, -0.2) is 4.98 Å². The van der Waals surface area contributed by atoms with Crippen molar-refractivity contribution in [3.8, 4) is 44.6 Å². The highest BCUT2D eigenvalue weighted by Gasteiger charge is 2.21. The molecule has 0 aliphatic heterocycles. The van der Waals surface area contributed by atoms with Gasteiger partial charge in [0, 0.05) is 58.2 Å². The number of hydrogen-bond donors (Lipinski definition) is 0. The molecule has 11 rings (SSSR count).